The van der Waals surface area contributed by atoms with E-state index in [-0.39, 0.29) is 5.78 Å². The number of pyridine rings is 1. The number of carbonyl (C=O) groups is 1. The molecule has 0 saturated carbocycles. The van der Waals surface area contributed by atoms with Gasteiger partial charge in [-0.15, -0.1) is 11.8 Å². The third-order valence-electron chi connectivity index (χ3n) is 2.37. The summed E-state index contributed by atoms with van der Waals surface area (Å²) in [6.45, 7) is 1.57. The van der Waals surface area contributed by atoms with Crippen LogP contribution < -0.4 is 0 Å². The summed E-state index contributed by atoms with van der Waals surface area (Å²) in [7, 11) is 0. The van der Waals surface area contributed by atoms with Crippen molar-refractivity contribution in [3.8, 4) is 0 Å². The second-order valence-electron chi connectivity index (χ2n) is 3.71. The third kappa shape index (κ3) is 3.43. The van der Waals surface area contributed by atoms with E-state index < -0.39 is 0 Å². The van der Waals surface area contributed by atoms with Crippen LogP contribution in [0.5, 0.6) is 0 Å². The molecular weight excluding hydrogens is 230 g/mol. The zero-order valence-electron chi connectivity index (χ0n) is 9.59. The molecular formula is C14H13NOS. The summed E-state index contributed by atoms with van der Waals surface area (Å²) in [5.74, 6) is 0.948. The standard InChI is InChI=1S/C14H13NOS/c1-11(16)13-7-8-15-14(9-13)17-10-12-5-3-2-4-6-12/h2-9H,10H2,1H3. The summed E-state index contributed by atoms with van der Waals surface area (Å²) in [5.41, 5.74) is 1.98. The van der Waals surface area contributed by atoms with Crippen LogP contribution >= 0.6 is 11.8 Å². The second kappa shape index (κ2) is 5.64. The Balaban J connectivity index is 2.04. The van der Waals surface area contributed by atoms with E-state index in [1.807, 2.05) is 24.3 Å². The molecule has 0 radical (unpaired) electrons. The van der Waals surface area contributed by atoms with E-state index in [0.29, 0.717) is 0 Å². The normalized spacial score (nSPS) is 10.2. The van der Waals surface area contributed by atoms with E-state index >= 15 is 0 Å². The van der Waals surface area contributed by atoms with Crippen molar-refractivity contribution in [2.75, 3.05) is 0 Å². The van der Waals surface area contributed by atoms with Gasteiger partial charge in [-0.25, -0.2) is 4.98 Å². The molecule has 2 aromatic rings. The number of rotatable bonds is 4. The van der Waals surface area contributed by atoms with Crippen molar-refractivity contribution >= 4 is 17.5 Å². The van der Waals surface area contributed by atoms with Crippen LogP contribution in [0.1, 0.15) is 22.8 Å². The number of aromatic nitrogens is 1. The molecule has 0 bridgehead atoms. The van der Waals surface area contributed by atoms with Crippen LogP contribution in [-0.4, -0.2) is 10.8 Å². The number of thioether (sulfide) groups is 1. The molecule has 2 rings (SSSR count). The molecule has 0 aliphatic heterocycles. The molecule has 1 aromatic carbocycles. The Labute approximate surface area is 105 Å². The Morgan fingerprint density at radius 2 is 2.00 bits per heavy atom. The molecule has 3 heteroatoms. The molecule has 0 amide bonds. The Morgan fingerprint density at radius 3 is 2.71 bits per heavy atom. The lowest BCUT2D eigenvalue weighted by Gasteiger charge is -2.02. The van der Waals surface area contributed by atoms with E-state index in [1.54, 1.807) is 30.9 Å². The minimum absolute atomic E-state index is 0.0777. The van der Waals surface area contributed by atoms with E-state index in [1.165, 1.54) is 5.56 Å². The Kier molecular flexibility index (Phi) is 3.94. The van der Waals surface area contributed by atoms with Crippen molar-refractivity contribution in [3.63, 3.8) is 0 Å². The van der Waals surface area contributed by atoms with Gasteiger partial charge in [0.05, 0.1) is 5.03 Å². The van der Waals surface area contributed by atoms with Gasteiger partial charge in [0.15, 0.2) is 5.78 Å². The molecule has 0 spiro atoms. The molecule has 0 unspecified atom stereocenters. The first-order valence-electron chi connectivity index (χ1n) is 5.39. The highest BCUT2D eigenvalue weighted by Gasteiger charge is 2.02. The first-order chi connectivity index (χ1) is 8.25. The maximum atomic E-state index is 11.2. The van der Waals surface area contributed by atoms with Crippen molar-refractivity contribution in [2.45, 2.75) is 17.7 Å². The summed E-state index contributed by atoms with van der Waals surface area (Å²) < 4.78 is 0. The molecule has 1 heterocycles. The topological polar surface area (TPSA) is 30.0 Å². The molecule has 0 N–H and O–H groups in total. The molecule has 0 aliphatic rings. The van der Waals surface area contributed by atoms with Gasteiger partial charge in [-0.3, -0.25) is 4.79 Å². The first-order valence-corrected chi connectivity index (χ1v) is 6.38. The zero-order chi connectivity index (χ0) is 12.1. The van der Waals surface area contributed by atoms with Crippen LogP contribution in [0.2, 0.25) is 0 Å². The molecule has 0 atom stereocenters. The molecule has 86 valence electrons. The van der Waals surface area contributed by atoms with Gasteiger partial charge in [0.25, 0.3) is 0 Å². The van der Waals surface area contributed by atoms with Crippen LogP contribution in [0.25, 0.3) is 0 Å². The van der Waals surface area contributed by atoms with Crippen LogP contribution in [0.3, 0.4) is 0 Å². The fraction of sp³-hybridized carbons (Fsp3) is 0.143. The zero-order valence-corrected chi connectivity index (χ0v) is 10.4. The molecule has 1 aromatic heterocycles. The minimum Gasteiger partial charge on any atom is -0.295 e. The largest absolute Gasteiger partial charge is 0.295 e. The van der Waals surface area contributed by atoms with E-state index in [2.05, 4.69) is 17.1 Å². The number of Topliss-reactive ketones (excluding diaryl/α,β-unsaturated/α-hetero) is 1. The van der Waals surface area contributed by atoms with Gasteiger partial charge in [-0.2, -0.15) is 0 Å². The van der Waals surface area contributed by atoms with Crippen molar-refractivity contribution in [1.29, 1.82) is 0 Å². The highest BCUT2D eigenvalue weighted by molar-refractivity contribution is 7.98. The van der Waals surface area contributed by atoms with Gasteiger partial charge < -0.3 is 0 Å². The summed E-state index contributed by atoms with van der Waals surface area (Å²) in [6, 6.07) is 13.8. The highest BCUT2D eigenvalue weighted by atomic mass is 32.2. The van der Waals surface area contributed by atoms with Gasteiger partial charge in [0, 0.05) is 17.5 Å². The highest BCUT2D eigenvalue weighted by Crippen LogP contribution is 2.21. The number of nitrogens with zero attached hydrogens (tertiary/aromatic N) is 1. The Hall–Kier alpha value is -1.61. The Bertz CT molecular complexity index is 511. The SMILES string of the molecule is CC(=O)c1ccnc(SCc2ccccc2)c1. The number of benzene rings is 1. The van der Waals surface area contributed by atoms with Crippen molar-refractivity contribution < 1.29 is 4.79 Å². The molecule has 2 nitrogen and oxygen atoms in total. The summed E-state index contributed by atoms with van der Waals surface area (Å²) in [5, 5.41) is 0.890. The number of ketones is 1. The van der Waals surface area contributed by atoms with E-state index in [0.717, 1.165) is 16.3 Å². The Morgan fingerprint density at radius 1 is 1.24 bits per heavy atom. The lowest BCUT2D eigenvalue weighted by atomic mass is 10.2. The predicted molar refractivity (Wildman–Crippen MR) is 70.2 cm³/mol. The van der Waals surface area contributed by atoms with Gasteiger partial charge >= 0.3 is 0 Å². The number of hydrogen-bond acceptors (Lipinski definition) is 3. The monoisotopic (exact) mass is 243 g/mol. The van der Waals surface area contributed by atoms with Crippen molar-refractivity contribution in [1.82, 2.24) is 4.98 Å². The van der Waals surface area contributed by atoms with Crippen molar-refractivity contribution in [3.05, 3.63) is 59.8 Å². The number of hydrogen-bond donors (Lipinski definition) is 0. The summed E-state index contributed by atoms with van der Waals surface area (Å²) in [4.78, 5) is 15.5. The van der Waals surface area contributed by atoms with Gasteiger partial charge in [-0.1, -0.05) is 30.3 Å². The van der Waals surface area contributed by atoms with E-state index in [9.17, 15) is 4.79 Å². The fourth-order valence-corrected chi connectivity index (χ4v) is 2.29. The average Bonchev–Trinajstić information content (AvgIpc) is 2.38. The van der Waals surface area contributed by atoms with Crippen LogP contribution in [-0.2, 0) is 5.75 Å². The summed E-state index contributed by atoms with van der Waals surface area (Å²) in [6.07, 6.45) is 1.68. The van der Waals surface area contributed by atoms with Gasteiger partial charge in [0.2, 0.25) is 0 Å². The average molecular weight is 243 g/mol. The van der Waals surface area contributed by atoms with Crippen LogP contribution in [0, 0.1) is 0 Å². The molecule has 0 saturated heterocycles. The predicted octanol–water partition coefficient (Wildman–Crippen LogP) is 3.58. The van der Waals surface area contributed by atoms with Crippen molar-refractivity contribution in [2.24, 2.45) is 0 Å². The fourth-order valence-electron chi connectivity index (χ4n) is 1.44. The number of carbonyl (C=O) groups excluding carboxylic acids is 1. The second-order valence-corrected chi connectivity index (χ2v) is 4.71. The minimum atomic E-state index is 0.0777. The van der Waals surface area contributed by atoms with Crippen LogP contribution in [0.4, 0.5) is 0 Å². The summed E-state index contributed by atoms with van der Waals surface area (Å²) >= 11 is 1.64. The first kappa shape index (κ1) is 11.9. The van der Waals surface area contributed by atoms with Crippen LogP contribution in [0.15, 0.2) is 53.7 Å². The molecule has 17 heavy (non-hydrogen) atoms. The van der Waals surface area contributed by atoms with E-state index in [4.69, 9.17) is 0 Å². The quantitative estimate of drug-likeness (QED) is 0.607. The smallest absolute Gasteiger partial charge is 0.159 e. The van der Waals surface area contributed by atoms with Gasteiger partial charge in [0.1, 0.15) is 0 Å². The molecule has 0 fully saturated rings. The lowest BCUT2D eigenvalue weighted by Crippen LogP contribution is -1.93. The molecule has 0 aliphatic carbocycles. The third-order valence-corrected chi connectivity index (χ3v) is 3.37. The lowest BCUT2D eigenvalue weighted by molar-refractivity contribution is 0.101. The maximum absolute atomic E-state index is 11.2. The maximum Gasteiger partial charge on any atom is 0.159 e. The van der Waals surface area contributed by atoms with Gasteiger partial charge in [-0.05, 0) is 24.6 Å².